The highest BCUT2D eigenvalue weighted by atomic mass is 32.2. The van der Waals surface area contributed by atoms with Gasteiger partial charge in [-0.3, -0.25) is 9.59 Å². The molecule has 0 saturated carbocycles. The first-order valence-corrected chi connectivity index (χ1v) is 10.9. The topological polar surface area (TPSA) is 96.8 Å². The van der Waals surface area contributed by atoms with Crippen LogP contribution >= 0.6 is 11.8 Å². The van der Waals surface area contributed by atoms with Crippen molar-refractivity contribution >= 4 is 28.6 Å². The molecule has 4 aromatic rings. The fourth-order valence-electron chi connectivity index (χ4n) is 3.42. The quantitative estimate of drug-likeness (QED) is 0.449. The van der Waals surface area contributed by atoms with E-state index in [1.54, 1.807) is 22.7 Å². The van der Waals surface area contributed by atoms with Crippen LogP contribution in [0.2, 0.25) is 0 Å². The van der Waals surface area contributed by atoms with Gasteiger partial charge < -0.3 is 9.88 Å². The van der Waals surface area contributed by atoms with E-state index in [0.717, 1.165) is 34.1 Å². The van der Waals surface area contributed by atoms with Gasteiger partial charge in [0, 0.05) is 30.6 Å². The Labute approximate surface area is 183 Å². The van der Waals surface area contributed by atoms with E-state index in [0.29, 0.717) is 11.7 Å². The van der Waals surface area contributed by atoms with Gasteiger partial charge >= 0.3 is 0 Å². The normalized spacial score (nSPS) is 11.0. The van der Waals surface area contributed by atoms with Crippen molar-refractivity contribution in [1.82, 2.24) is 30.1 Å². The van der Waals surface area contributed by atoms with Crippen molar-refractivity contribution in [2.24, 2.45) is 0 Å². The number of tetrazole rings is 1. The van der Waals surface area contributed by atoms with E-state index in [-0.39, 0.29) is 17.2 Å². The van der Waals surface area contributed by atoms with Crippen LogP contribution in [-0.2, 0) is 17.8 Å². The van der Waals surface area contributed by atoms with Crippen molar-refractivity contribution in [3.05, 3.63) is 76.1 Å². The number of para-hydroxylation sites is 2. The fourth-order valence-corrected chi connectivity index (χ4v) is 4.25. The molecule has 0 saturated heterocycles. The number of nitrogens with zero attached hydrogens (tertiary/aromatic N) is 5. The molecule has 0 aliphatic carbocycles. The Balaban J connectivity index is 1.47. The molecular weight excluding hydrogens is 412 g/mol. The maximum absolute atomic E-state index is 12.8. The predicted molar refractivity (Wildman–Crippen MR) is 120 cm³/mol. The molecule has 2 aromatic carbocycles. The molecule has 0 spiro atoms. The number of hydrogen-bond donors (Lipinski definition) is 1. The summed E-state index contributed by atoms with van der Waals surface area (Å²) in [5.74, 6) is 0.111. The summed E-state index contributed by atoms with van der Waals surface area (Å²) in [5, 5.41) is 13.5. The zero-order valence-corrected chi connectivity index (χ0v) is 18.1. The van der Waals surface area contributed by atoms with E-state index in [9.17, 15) is 9.59 Å². The first-order valence-electron chi connectivity index (χ1n) is 9.91. The molecule has 158 valence electrons. The van der Waals surface area contributed by atoms with Crippen LogP contribution in [0.1, 0.15) is 18.1 Å². The Bertz CT molecular complexity index is 1280. The number of amides is 1. The van der Waals surface area contributed by atoms with Gasteiger partial charge in [0.2, 0.25) is 16.6 Å². The van der Waals surface area contributed by atoms with Gasteiger partial charge in [0.05, 0.1) is 11.4 Å². The van der Waals surface area contributed by atoms with Gasteiger partial charge in [-0.2, -0.15) is 4.68 Å². The minimum atomic E-state index is -0.183. The van der Waals surface area contributed by atoms with Crippen LogP contribution in [0.25, 0.3) is 16.6 Å². The summed E-state index contributed by atoms with van der Waals surface area (Å²) in [7, 11) is 1.73. The minimum absolute atomic E-state index is 0.0762. The van der Waals surface area contributed by atoms with Gasteiger partial charge in [-0.1, -0.05) is 55.1 Å². The van der Waals surface area contributed by atoms with Crippen LogP contribution < -0.4 is 5.56 Å². The summed E-state index contributed by atoms with van der Waals surface area (Å²) < 4.78 is 1.67. The molecule has 0 radical (unpaired) electrons. The summed E-state index contributed by atoms with van der Waals surface area (Å²) in [5.41, 5.74) is 3.42. The van der Waals surface area contributed by atoms with Gasteiger partial charge in [-0.05, 0) is 40.1 Å². The lowest BCUT2D eigenvalue weighted by Gasteiger charge is -2.18. The number of hydrogen-bond acceptors (Lipinski definition) is 6. The van der Waals surface area contributed by atoms with Crippen molar-refractivity contribution in [3.63, 3.8) is 0 Å². The highest BCUT2D eigenvalue weighted by molar-refractivity contribution is 7.99. The van der Waals surface area contributed by atoms with Crippen LogP contribution in [0.5, 0.6) is 0 Å². The van der Waals surface area contributed by atoms with Crippen LogP contribution in [0.4, 0.5) is 0 Å². The Morgan fingerprint density at radius 2 is 1.90 bits per heavy atom. The van der Waals surface area contributed by atoms with Gasteiger partial charge in [-0.25, -0.2) is 0 Å². The Hall–Kier alpha value is -3.46. The largest absolute Gasteiger partial charge is 0.341 e. The molecule has 1 amide bonds. The summed E-state index contributed by atoms with van der Waals surface area (Å²) in [6.45, 7) is 2.42. The number of fused-ring (bicyclic) bond motifs is 1. The maximum Gasteiger partial charge on any atom is 0.248 e. The van der Waals surface area contributed by atoms with Crippen molar-refractivity contribution in [1.29, 1.82) is 0 Å². The van der Waals surface area contributed by atoms with Gasteiger partial charge in [-0.15, -0.1) is 5.10 Å². The standard InChI is InChI=1S/C22H22N6O2S/c1-3-15-8-4-7-11-19(15)28-22(24-25-26-28)31-14-21(30)27(2)13-16-12-20(29)23-18-10-6-5-9-17(16)18/h4-12H,3,13-14H2,1-2H3,(H,23,29). The third kappa shape index (κ3) is 4.51. The summed E-state index contributed by atoms with van der Waals surface area (Å²) in [4.78, 5) is 29.2. The lowest BCUT2D eigenvalue weighted by Crippen LogP contribution is -2.28. The Morgan fingerprint density at radius 3 is 2.74 bits per heavy atom. The molecule has 9 heteroatoms. The second kappa shape index (κ2) is 9.13. The first-order chi connectivity index (χ1) is 15.1. The van der Waals surface area contributed by atoms with Crippen LogP contribution in [0.3, 0.4) is 0 Å². The molecule has 31 heavy (non-hydrogen) atoms. The van der Waals surface area contributed by atoms with Crippen LogP contribution in [0.15, 0.2) is 64.5 Å². The van der Waals surface area contributed by atoms with E-state index in [1.165, 1.54) is 11.8 Å². The van der Waals surface area contributed by atoms with E-state index in [4.69, 9.17) is 0 Å². The molecule has 0 atom stereocenters. The average Bonchev–Trinajstić information content (AvgIpc) is 3.25. The molecule has 0 fully saturated rings. The number of rotatable bonds is 7. The predicted octanol–water partition coefficient (Wildman–Crippen LogP) is 2.82. The highest BCUT2D eigenvalue weighted by Gasteiger charge is 2.16. The molecule has 8 nitrogen and oxygen atoms in total. The van der Waals surface area contributed by atoms with E-state index >= 15 is 0 Å². The van der Waals surface area contributed by atoms with Crippen LogP contribution in [-0.4, -0.2) is 48.8 Å². The molecule has 0 bridgehead atoms. The van der Waals surface area contributed by atoms with Gasteiger partial charge in [0.25, 0.3) is 0 Å². The number of carbonyl (C=O) groups is 1. The Morgan fingerprint density at radius 1 is 1.13 bits per heavy atom. The zero-order chi connectivity index (χ0) is 21.8. The number of aromatic amines is 1. The number of benzene rings is 2. The fraction of sp³-hybridized carbons (Fsp3) is 0.227. The third-order valence-electron chi connectivity index (χ3n) is 5.04. The number of H-pyrrole nitrogens is 1. The molecule has 0 aliphatic heterocycles. The number of thioether (sulfide) groups is 1. The third-order valence-corrected chi connectivity index (χ3v) is 5.94. The second-order valence-corrected chi connectivity index (χ2v) is 8.04. The lowest BCUT2D eigenvalue weighted by atomic mass is 10.1. The summed E-state index contributed by atoms with van der Waals surface area (Å²) in [6.07, 6.45) is 0.853. The van der Waals surface area contributed by atoms with Gasteiger partial charge in [0.1, 0.15) is 0 Å². The molecule has 2 aromatic heterocycles. The average molecular weight is 435 g/mol. The van der Waals surface area contributed by atoms with E-state index in [1.807, 2.05) is 48.5 Å². The molecule has 4 rings (SSSR count). The van der Waals surface area contributed by atoms with Crippen LogP contribution in [0, 0.1) is 0 Å². The number of carbonyl (C=O) groups excluding carboxylic acids is 1. The lowest BCUT2D eigenvalue weighted by molar-refractivity contribution is -0.127. The molecule has 0 aliphatic rings. The number of aromatic nitrogens is 5. The number of aryl methyl sites for hydroxylation is 1. The molecule has 0 unspecified atom stereocenters. The molecule has 2 heterocycles. The van der Waals surface area contributed by atoms with Gasteiger partial charge in [0.15, 0.2) is 0 Å². The van der Waals surface area contributed by atoms with E-state index in [2.05, 4.69) is 27.4 Å². The maximum atomic E-state index is 12.8. The minimum Gasteiger partial charge on any atom is -0.341 e. The summed E-state index contributed by atoms with van der Waals surface area (Å²) >= 11 is 1.29. The van der Waals surface area contributed by atoms with E-state index < -0.39 is 0 Å². The smallest absolute Gasteiger partial charge is 0.248 e. The Kier molecular flexibility index (Phi) is 6.13. The molecular formula is C22H22N6O2S. The van der Waals surface area contributed by atoms with Crippen molar-refractivity contribution in [2.45, 2.75) is 25.0 Å². The monoisotopic (exact) mass is 434 g/mol. The number of pyridine rings is 1. The SMILES string of the molecule is CCc1ccccc1-n1nnnc1SCC(=O)N(C)Cc1cc(=O)[nH]c2ccccc12. The second-order valence-electron chi connectivity index (χ2n) is 7.10. The van der Waals surface area contributed by atoms with Crippen molar-refractivity contribution < 1.29 is 4.79 Å². The van der Waals surface area contributed by atoms with Crippen molar-refractivity contribution in [2.75, 3.05) is 12.8 Å². The number of nitrogens with one attached hydrogen (secondary N) is 1. The highest BCUT2D eigenvalue weighted by Crippen LogP contribution is 2.22. The summed E-state index contributed by atoms with van der Waals surface area (Å²) in [6, 6.07) is 17.0. The van der Waals surface area contributed by atoms with Crippen molar-refractivity contribution in [3.8, 4) is 5.69 Å². The molecule has 1 N–H and O–H groups in total. The first kappa shape index (κ1) is 20.8. The zero-order valence-electron chi connectivity index (χ0n) is 17.3.